The SMILES string of the molecule is OC(c1ccc(C(F)F)cc1)c1ccccc1F. The van der Waals surface area contributed by atoms with E-state index in [0.29, 0.717) is 5.56 Å². The zero-order valence-corrected chi connectivity index (χ0v) is 9.35. The van der Waals surface area contributed by atoms with E-state index in [9.17, 15) is 18.3 Å². The lowest BCUT2D eigenvalue weighted by Gasteiger charge is -2.12. The standard InChI is InChI=1S/C14H11F3O/c15-12-4-2-1-3-11(12)13(18)9-5-7-10(8-6-9)14(16)17/h1-8,13-14,18H. The van der Waals surface area contributed by atoms with Crippen LogP contribution in [0.15, 0.2) is 48.5 Å². The molecule has 0 aliphatic rings. The minimum Gasteiger partial charge on any atom is -0.384 e. The Bertz CT molecular complexity index is 523. The molecule has 0 radical (unpaired) electrons. The molecule has 0 saturated heterocycles. The molecule has 0 aliphatic heterocycles. The molecule has 0 bridgehead atoms. The zero-order valence-electron chi connectivity index (χ0n) is 9.35. The Hall–Kier alpha value is -1.81. The van der Waals surface area contributed by atoms with Crippen LogP contribution in [0.1, 0.15) is 29.2 Å². The Morgan fingerprint density at radius 2 is 1.39 bits per heavy atom. The monoisotopic (exact) mass is 252 g/mol. The third kappa shape index (κ3) is 2.54. The number of hydrogen-bond acceptors (Lipinski definition) is 1. The van der Waals surface area contributed by atoms with Crippen LogP contribution in [0.25, 0.3) is 0 Å². The van der Waals surface area contributed by atoms with E-state index in [-0.39, 0.29) is 11.1 Å². The van der Waals surface area contributed by atoms with Crippen LogP contribution in [0.2, 0.25) is 0 Å². The van der Waals surface area contributed by atoms with Gasteiger partial charge >= 0.3 is 0 Å². The van der Waals surface area contributed by atoms with Crippen molar-refractivity contribution in [3.63, 3.8) is 0 Å². The third-order valence-corrected chi connectivity index (χ3v) is 2.70. The molecule has 1 unspecified atom stereocenters. The van der Waals surface area contributed by atoms with E-state index < -0.39 is 18.3 Å². The predicted molar refractivity (Wildman–Crippen MR) is 61.9 cm³/mol. The zero-order chi connectivity index (χ0) is 13.1. The molecule has 94 valence electrons. The van der Waals surface area contributed by atoms with E-state index in [0.717, 1.165) is 0 Å². The smallest absolute Gasteiger partial charge is 0.263 e. The van der Waals surface area contributed by atoms with Gasteiger partial charge in [0.15, 0.2) is 0 Å². The fraction of sp³-hybridized carbons (Fsp3) is 0.143. The first-order chi connectivity index (χ1) is 8.59. The average Bonchev–Trinajstić information content (AvgIpc) is 2.38. The quantitative estimate of drug-likeness (QED) is 0.879. The second-order valence-corrected chi connectivity index (χ2v) is 3.89. The Balaban J connectivity index is 2.29. The number of aliphatic hydroxyl groups excluding tert-OH is 1. The van der Waals surface area contributed by atoms with Crippen molar-refractivity contribution in [3.8, 4) is 0 Å². The number of benzene rings is 2. The maximum atomic E-state index is 13.5. The molecule has 0 heterocycles. The molecule has 2 aromatic rings. The Morgan fingerprint density at radius 1 is 0.833 bits per heavy atom. The largest absolute Gasteiger partial charge is 0.384 e. The van der Waals surface area contributed by atoms with Crippen molar-refractivity contribution in [3.05, 3.63) is 71.0 Å². The number of rotatable bonds is 3. The van der Waals surface area contributed by atoms with Gasteiger partial charge < -0.3 is 5.11 Å². The van der Waals surface area contributed by atoms with Gasteiger partial charge in [0.1, 0.15) is 11.9 Å². The Kier molecular flexibility index (Phi) is 3.67. The third-order valence-electron chi connectivity index (χ3n) is 2.70. The van der Waals surface area contributed by atoms with Crippen molar-refractivity contribution in [1.82, 2.24) is 0 Å². The molecule has 0 aromatic heterocycles. The van der Waals surface area contributed by atoms with Crippen LogP contribution < -0.4 is 0 Å². The highest BCUT2D eigenvalue weighted by atomic mass is 19.3. The van der Waals surface area contributed by atoms with Gasteiger partial charge in [0.25, 0.3) is 6.43 Å². The lowest BCUT2D eigenvalue weighted by molar-refractivity contribution is 0.151. The topological polar surface area (TPSA) is 20.2 Å². The Morgan fingerprint density at radius 3 is 1.94 bits per heavy atom. The summed E-state index contributed by atoms with van der Waals surface area (Å²) >= 11 is 0. The minimum atomic E-state index is -2.55. The van der Waals surface area contributed by atoms with E-state index in [4.69, 9.17) is 0 Å². The van der Waals surface area contributed by atoms with E-state index >= 15 is 0 Å². The van der Waals surface area contributed by atoms with Crippen molar-refractivity contribution in [2.45, 2.75) is 12.5 Å². The molecule has 4 heteroatoms. The molecule has 0 spiro atoms. The second kappa shape index (κ2) is 5.23. The van der Waals surface area contributed by atoms with Crippen molar-refractivity contribution in [2.75, 3.05) is 0 Å². The first kappa shape index (κ1) is 12.6. The van der Waals surface area contributed by atoms with Crippen molar-refractivity contribution in [1.29, 1.82) is 0 Å². The van der Waals surface area contributed by atoms with Gasteiger partial charge in [-0.05, 0) is 11.6 Å². The summed E-state index contributed by atoms with van der Waals surface area (Å²) < 4.78 is 38.2. The summed E-state index contributed by atoms with van der Waals surface area (Å²) in [5, 5.41) is 9.97. The van der Waals surface area contributed by atoms with Crippen molar-refractivity contribution >= 4 is 0 Å². The van der Waals surface area contributed by atoms with Crippen molar-refractivity contribution in [2.24, 2.45) is 0 Å². The lowest BCUT2D eigenvalue weighted by Crippen LogP contribution is -2.02. The molecule has 1 N–H and O–H groups in total. The number of aliphatic hydroxyl groups is 1. The Labute approximate surface area is 103 Å². The molecule has 1 nitrogen and oxygen atoms in total. The molecule has 0 saturated carbocycles. The summed E-state index contributed by atoms with van der Waals surface area (Å²) in [5.74, 6) is -0.525. The first-order valence-corrected chi connectivity index (χ1v) is 5.40. The molecule has 2 rings (SSSR count). The summed E-state index contributed by atoms with van der Waals surface area (Å²) in [7, 11) is 0. The maximum Gasteiger partial charge on any atom is 0.263 e. The highest BCUT2D eigenvalue weighted by Crippen LogP contribution is 2.26. The van der Waals surface area contributed by atoms with E-state index in [1.165, 1.54) is 42.5 Å². The highest BCUT2D eigenvalue weighted by Gasteiger charge is 2.15. The van der Waals surface area contributed by atoms with Crippen LogP contribution in [-0.4, -0.2) is 5.11 Å². The van der Waals surface area contributed by atoms with E-state index in [1.807, 2.05) is 0 Å². The van der Waals surface area contributed by atoms with Crippen LogP contribution in [0.3, 0.4) is 0 Å². The maximum absolute atomic E-state index is 13.5. The number of alkyl halides is 2. The normalized spacial score (nSPS) is 12.7. The predicted octanol–water partition coefficient (Wildman–Crippen LogP) is 3.85. The van der Waals surface area contributed by atoms with Gasteiger partial charge in [-0.3, -0.25) is 0 Å². The van der Waals surface area contributed by atoms with Gasteiger partial charge in [0, 0.05) is 11.1 Å². The fourth-order valence-electron chi connectivity index (χ4n) is 1.70. The second-order valence-electron chi connectivity index (χ2n) is 3.89. The van der Waals surface area contributed by atoms with Crippen LogP contribution in [0.4, 0.5) is 13.2 Å². The van der Waals surface area contributed by atoms with Crippen LogP contribution in [0.5, 0.6) is 0 Å². The van der Waals surface area contributed by atoms with Gasteiger partial charge in [-0.2, -0.15) is 0 Å². The van der Waals surface area contributed by atoms with Crippen LogP contribution in [0, 0.1) is 5.82 Å². The molecule has 18 heavy (non-hydrogen) atoms. The van der Waals surface area contributed by atoms with Gasteiger partial charge in [0.2, 0.25) is 0 Å². The molecule has 1 atom stereocenters. The van der Waals surface area contributed by atoms with E-state index in [1.54, 1.807) is 6.07 Å². The summed E-state index contributed by atoms with van der Waals surface area (Å²) in [6.07, 6.45) is -3.71. The molecule has 0 fully saturated rings. The number of hydrogen-bond donors (Lipinski definition) is 1. The summed E-state index contributed by atoms with van der Waals surface area (Å²) in [6.45, 7) is 0. The highest BCUT2D eigenvalue weighted by molar-refractivity contribution is 5.32. The molecule has 2 aromatic carbocycles. The van der Waals surface area contributed by atoms with Gasteiger partial charge in [-0.15, -0.1) is 0 Å². The minimum absolute atomic E-state index is 0.125. The van der Waals surface area contributed by atoms with Crippen LogP contribution >= 0.6 is 0 Å². The molecule has 0 aliphatic carbocycles. The average molecular weight is 252 g/mol. The first-order valence-electron chi connectivity index (χ1n) is 5.40. The van der Waals surface area contributed by atoms with Gasteiger partial charge in [0.05, 0.1) is 0 Å². The van der Waals surface area contributed by atoms with Gasteiger partial charge in [-0.25, -0.2) is 13.2 Å². The summed E-state index contributed by atoms with van der Waals surface area (Å²) in [4.78, 5) is 0. The molecule has 0 amide bonds. The summed E-state index contributed by atoms with van der Waals surface area (Å²) in [5.41, 5.74) is 0.381. The van der Waals surface area contributed by atoms with Crippen molar-refractivity contribution < 1.29 is 18.3 Å². The van der Waals surface area contributed by atoms with Gasteiger partial charge in [-0.1, -0.05) is 42.5 Å². The van der Waals surface area contributed by atoms with Crippen LogP contribution in [-0.2, 0) is 0 Å². The van der Waals surface area contributed by atoms with E-state index in [2.05, 4.69) is 0 Å². The lowest BCUT2D eigenvalue weighted by atomic mass is 10.00. The number of halogens is 3. The fourth-order valence-corrected chi connectivity index (χ4v) is 1.70. The summed E-state index contributed by atoms with van der Waals surface area (Å²) in [6, 6.07) is 11.0. The molecular weight excluding hydrogens is 241 g/mol. The molecular formula is C14H11F3O.